The largest absolute Gasteiger partial charge is 0.480 e. The molecule has 1 saturated heterocycles. The maximum Gasteiger partial charge on any atom is 0.407 e. The van der Waals surface area contributed by atoms with Crippen molar-refractivity contribution < 1.29 is 29.0 Å². The van der Waals surface area contributed by atoms with Crippen LogP contribution in [0.2, 0.25) is 0 Å². The van der Waals surface area contributed by atoms with Crippen LogP contribution in [-0.4, -0.2) is 90.5 Å². The minimum Gasteiger partial charge on any atom is -0.480 e. The Kier molecular flexibility index (Phi) is 9.81. The van der Waals surface area contributed by atoms with E-state index in [1.54, 1.807) is 25.7 Å². The number of hydrogen-bond donors (Lipinski definition) is 2. The van der Waals surface area contributed by atoms with Crippen molar-refractivity contribution in [2.24, 2.45) is 0 Å². The number of carboxylic acid groups (broad SMARTS) is 1. The number of rotatable bonds is 11. The molecule has 1 heterocycles. The van der Waals surface area contributed by atoms with Crippen LogP contribution >= 0.6 is 0 Å². The topological polar surface area (TPSA) is 108 Å². The summed E-state index contributed by atoms with van der Waals surface area (Å²) in [5.74, 6) is -1.76. The molecule has 1 atom stereocenters. The van der Waals surface area contributed by atoms with Gasteiger partial charge in [-0.15, -0.1) is 0 Å². The van der Waals surface area contributed by atoms with Gasteiger partial charge in [0, 0.05) is 25.6 Å². The van der Waals surface area contributed by atoms with Gasteiger partial charge < -0.3 is 24.8 Å². The van der Waals surface area contributed by atoms with Crippen LogP contribution in [0.15, 0.2) is 48.5 Å². The number of piperidine rings is 1. The lowest BCUT2D eigenvalue weighted by molar-refractivity contribution is -0.156. The van der Waals surface area contributed by atoms with Crippen molar-refractivity contribution in [3.05, 3.63) is 59.7 Å². The van der Waals surface area contributed by atoms with Crippen molar-refractivity contribution >= 4 is 18.0 Å². The van der Waals surface area contributed by atoms with Gasteiger partial charge >= 0.3 is 18.0 Å². The number of ether oxygens (including phenoxy) is 2. The Morgan fingerprint density at radius 1 is 1.00 bits per heavy atom. The van der Waals surface area contributed by atoms with Gasteiger partial charge in [0.05, 0.1) is 6.54 Å². The van der Waals surface area contributed by atoms with Crippen LogP contribution in [0.1, 0.15) is 57.1 Å². The normalized spacial score (nSPS) is 16.2. The maximum absolute atomic E-state index is 12.8. The molecule has 2 N–H and O–H groups in total. The Balaban J connectivity index is 1.38. The van der Waals surface area contributed by atoms with E-state index in [1.165, 1.54) is 6.42 Å². The van der Waals surface area contributed by atoms with Crippen molar-refractivity contribution in [1.82, 2.24) is 15.1 Å². The van der Waals surface area contributed by atoms with E-state index in [4.69, 9.17) is 9.47 Å². The number of nitrogens with zero attached hydrogens (tertiary/aromatic N) is 2. The molecule has 2 aromatic rings. The zero-order chi connectivity index (χ0) is 28.7. The zero-order valence-corrected chi connectivity index (χ0v) is 23.7. The Labute approximate surface area is 236 Å². The van der Waals surface area contributed by atoms with Gasteiger partial charge in [0.1, 0.15) is 18.2 Å². The molecule has 0 saturated carbocycles. The SMILES string of the molecule is CC(C)(C)OC(=O)CN(CCN1CCCCC1)C[C@H](NC(=O)OCC1c2ccccc2-c2ccccc21)C(=O)O. The second-order valence-corrected chi connectivity index (χ2v) is 11.6. The van der Waals surface area contributed by atoms with Gasteiger partial charge in [-0.05, 0) is 69.0 Å². The zero-order valence-electron chi connectivity index (χ0n) is 23.7. The fourth-order valence-corrected chi connectivity index (χ4v) is 5.48. The van der Waals surface area contributed by atoms with Gasteiger partial charge in [-0.1, -0.05) is 55.0 Å². The van der Waals surface area contributed by atoms with E-state index in [1.807, 2.05) is 36.4 Å². The summed E-state index contributed by atoms with van der Waals surface area (Å²) in [5.41, 5.74) is 3.73. The third-order valence-corrected chi connectivity index (χ3v) is 7.33. The predicted octanol–water partition coefficient (Wildman–Crippen LogP) is 4.11. The Hall–Kier alpha value is -3.43. The molecule has 2 aliphatic rings. The van der Waals surface area contributed by atoms with Gasteiger partial charge in [-0.3, -0.25) is 9.69 Å². The first-order valence-electron chi connectivity index (χ1n) is 14.1. The number of carbonyl (C=O) groups excluding carboxylic acids is 2. The molecular weight excluding hydrogens is 510 g/mol. The van der Waals surface area contributed by atoms with Crippen LogP contribution in [0.4, 0.5) is 4.79 Å². The van der Waals surface area contributed by atoms with Crippen molar-refractivity contribution in [2.75, 3.05) is 45.9 Å². The number of alkyl carbamates (subject to hydrolysis) is 1. The molecule has 0 radical (unpaired) electrons. The molecule has 216 valence electrons. The van der Waals surface area contributed by atoms with Crippen molar-refractivity contribution in [3.8, 4) is 11.1 Å². The van der Waals surface area contributed by atoms with Crippen molar-refractivity contribution in [1.29, 1.82) is 0 Å². The fraction of sp³-hybridized carbons (Fsp3) is 0.516. The minimum atomic E-state index is -1.25. The van der Waals surface area contributed by atoms with E-state index in [0.717, 1.165) is 48.2 Å². The van der Waals surface area contributed by atoms with Crippen LogP contribution in [0.25, 0.3) is 11.1 Å². The highest BCUT2D eigenvalue weighted by Crippen LogP contribution is 2.44. The van der Waals surface area contributed by atoms with E-state index >= 15 is 0 Å². The van der Waals surface area contributed by atoms with E-state index in [9.17, 15) is 19.5 Å². The smallest absolute Gasteiger partial charge is 0.407 e. The highest BCUT2D eigenvalue weighted by molar-refractivity contribution is 5.81. The molecule has 9 heteroatoms. The van der Waals surface area contributed by atoms with E-state index in [2.05, 4.69) is 22.3 Å². The molecule has 0 aromatic heterocycles. The molecule has 40 heavy (non-hydrogen) atoms. The van der Waals surface area contributed by atoms with E-state index in [0.29, 0.717) is 13.1 Å². The van der Waals surface area contributed by atoms with E-state index in [-0.39, 0.29) is 25.6 Å². The summed E-state index contributed by atoms with van der Waals surface area (Å²) in [6.45, 7) is 8.51. The standard InChI is InChI=1S/C31H41N3O6/c1-31(2,3)40-28(35)20-34(18-17-33-15-9-4-10-16-33)19-27(29(36)37)32-30(38)39-21-26-24-13-7-5-11-22(24)23-12-6-8-14-25(23)26/h5-8,11-14,26-27H,4,9-10,15-21H2,1-3H3,(H,32,38)(H,36,37)/t27-/m0/s1. The number of aliphatic carboxylic acids is 1. The van der Waals surface area contributed by atoms with Crippen LogP contribution < -0.4 is 5.32 Å². The number of carboxylic acids is 1. The molecule has 4 rings (SSSR count). The molecule has 1 amide bonds. The monoisotopic (exact) mass is 551 g/mol. The first-order chi connectivity index (χ1) is 19.1. The summed E-state index contributed by atoms with van der Waals surface area (Å²) in [7, 11) is 0. The molecule has 1 aliphatic heterocycles. The Bertz CT molecular complexity index is 1140. The van der Waals surface area contributed by atoms with Gasteiger partial charge in [-0.2, -0.15) is 0 Å². The summed E-state index contributed by atoms with van der Waals surface area (Å²) < 4.78 is 11.1. The molecule has 0 unspecified atom stereocenters. The first-order valence-corrected chi connectivity index (χ1v) is 14.1. The molecule has 1 fully saturated rings. The third-order valence-electron chi connectivity index (χ3n) is 7.33. The summed E-state index contributed by atoms with van der Waals surface area (Å²) in [6.07, 6.45) is 2.67. The second kappa shape index (κ2) is 13.3. The number of esters is 1. The van der Waals surface area contributed by atoms with Crippen molar-refractivity contribution in [2.45, 2.75) is 57.6 Å². The number of likely N-dealkylation sites (tertiary alicyclic amines) is 1. The number of benzene rings is 2. The maximum atomic E-state index is 12.8. The summed E-state index contributed by atoms with van der Waals surface area (Å²) >= 11 is 0. The lowest BCUT2D eigenvalue weighted by Gasteiger charge is -2.31. The fourth-order valence-electron chi connectivity index (χ4n) is 5.48. The number of fused-ring (bicyclic) bond motifs is 3. The van der Waals surface area contributed by atoms with Crippen molar-refractivity contribution in [3.63, 3.8) is 0 Å². The van der Waals surface area contributed by atoms with Gasteiger partial charge in [0.15, 0.2) is 0 Å². The van der Waals surface area contributed by atoms with Crippen LogP contribution in [0, 0.1) is 0 Å². The summed E-state index contributed by atoms with van der Waals surface area (Å²) in [6, 6.07) is 14.8. The lowest BCUT2D eigenvalue weighted by atomic mass is 9.98. The average molecular weight is 552 g/mol. The summed E-state index contributed by atoms with van der Waals surface area (Å²) in [5, 5.41) is 12.4. The van der Waals surface area contributed by atoms with Crippen LogP contribution in [0.3, 0.4) is 0 Å². The predicted molar refractivity (Wildman–Crippen MR) is 152 cm³/mol. The van der Waals surface area contributed by atoms with Gasteiger partial charge in [0.25, 0.3) is 0 Å². The highest BCUT2D eigenvalue weighted by atomic mass is 16.6. The average Bonchev–Trinajstić information content (AvgIpc) is 3.23. The highest BCUT2D eigenvalue weighted by Gasteiger charge is 2.31. The van der Waals surface area contributed by atoms with Crippen LogP contribution in [-0.2, 0) is 19.1 Å². The first kappa shape index (κ1) is 29.6. The molecule has 0 spiro atoms. The quantitative estimate of drug-likeness (QED) is 0.402. The molecule has 1 aliphatic carbocycles. The molecule has 9 nitrogen and oxygen atoms in total. The van der Waals surface area contributed by atoms with Gasteiger partial charge in [0.2, 0.25) is 0 Å². The number of hydrogen-bond acceptors (Lipinski definition) is 7. The minimum absolute atomic E-state index is 0.0490. The molecular formula is C31H41N3O6. The molecule has 0 bridgehead atoms. The number of carbonyl (C=O) groups is 3. The number of nitrogens with one attached hydrogen (secondary N) is 1. The molecule has 2 aromatic carbocycles. The summed E-state index contributed by atoms with van der Waals surface area (Å²) in [4.78, 5) is 41.6. The number of amides is 1. The van der Waals surface area contributed by atoms with Gasteiger partial charge in [-0.25, -0.2) is 9.59 Å². The lowest BCUT2D eigenvalue weighted by Crippen LogP contribution is -2.51. The third kappa shape index (κ3) is 8.05. The second-order valence-electron chi connectivity index (χ2n) is 11.6. The van der Waals surface area contributed by atoms with E-state index < -0.39 is 29.7 Å². The van der Waals surface area contributed by atoms with Crippen LogP contribution in [0.5, 0.6) is 0 Å². The Morgan fingerprint density at radius 3 is 2.17 bits per heavy atom. The Morgan fingerprint density at radius 2 is 1.60 bits per heavy atom.